The molecule has 1 aliphatic heterocycles. The highest BCUT2D eigenvalue weighted by atomic mass is 16.5. The summed E-state index contributed by atoms with van der Waals surface area (Å²) >= 11 is 0. The van der Waals surface area contributed by atoms with Crippen molar-refractivity contribution in [3.05, 3.63) is 52.1 Å². The van der Waals surface area contributed by atoms with Gasteiger partial charge in [-0.2, -0.15) is 0 Å². The summed E-state index contributed by atoms with van der Waals surface area (Å²) in [5, 5.41) is 8.01. The molecule has 1 saturated carbocycles. The molecule has 0 bridgehead atoms. The molecule has 3 aromatic rings. The van der Waals surface area contributed by atoms with Gasteiger partial charge in [0.1, 0.15) is 22.6 Å². The molecule has 9 nitrogen and oxygen atoms in total. The second-order valence-electron chi connectivity index (χ2n) is 10.1. The Balaban J connectivity index is 1.64. The molecule has 0 radical (unpaired) electrons. The van der Waals surface area contributed by atoms with Crippen LogP contribution in [-0.2, 0) is 13.1 Å². The number of nitrogens with two attached hydrogens (primary N) is 1. The highest BCUT2D eigenvalue weighted by Gasteiger charge is 2.33. The Bertz CT molecular complexity index is 1360. The van der Waals surface area contributed by atoms with Crippen LogP contribution in [0.4, 0.5) is 5.82 Å². The lowest BCUT2D eigenvalue weighted by molar-refractivity contribution is 0.0970. The monoisotopic (exact) mass is 490 g/mol. The third-order valence-electron chi connectivity index (χ3n) is 7.34. The number of nitrogens with one attached hydrogen (secondary N) is 1. The molecule has 5 rings (SSSR count). The van der Waals surface area contributed by atoms with E-state index >= 15 is 0 Å². The average Bonchev–Trinajstić information content (AvgIpc) is 3.65. The molecule has 190 valence electrons. The van der Waals surface area contributed by atoms with Gasteiger partial charge in [-0.15, -0.1) is 0 Å². The summed E-state index contributed by atoms with van der Waals surface area (Å²) in [6.45, 7) is 4.16. The zero-order chi connectivity index (χ0) is 25.4. The number of benzene rings is 1. The first kappa shape index (κ1) is 24.2. The highest BCUT2D eigenvalue weighted by Crippen LogP contribution is 2.40. The molecule has 2 atom stereocenters. The lowest BCUT2D eigenvalue weighted by atomic mass is 10.0. The number of hydrogen-bond acceptors (Lipinski definition) is 7. The number of ether oxygens (including phenoxy) is 1. The maximum Gasteiger partial charge on any atom is 0.278 e. The fourth-order valence-corrected chi connectivity index (χ4v) is 5.21. The maximum absolute atomic E-state index is 13.9. The average molecular weight is 491 g/mol. The van der Waals surface area contributed by atoms with Gasteiger partial charge >= 0.3 is 0 Å². The maximum atomic E-state index is 13.9. The summed E-state index contributed by atoms with van der Waals surface area (Å²) in [6.07, 6.45) is 7.11. The number of piperidine rings is 1. The second-order valence-corrected chi connectivity index (χ2v) is 10.1. The Morgan fingerprint density at radius 2 is 2.14 bits per heavy atom. The number of aromatic nitrogens is 3. The number of rotatable bonds is 9. The summed E-state index contributed by atoms with van der Waals surface area (Å²) in [7, 11) is 1.56. The standard InChI is InChI=1S/C27H34N6O3/c1-17(12-28)23-24-25(33(13-18-8-9-18)26(23)31-10-4-6-20(29)14-31)27(35)32(16-30-24)15-22(34)19-5-3-7-21(11-19)36-2/h3,5,7,11-12,16-18,20,28H,4,6,8-10,13-15,29H2,1-2H3/t17?,20-/m1/s1. The summed E-state index contributed by atoms with van der Waals surface area (Å²) in [5.74, 6) is 1.68. The fourth-order valence-electron chi connectivity index (χ4n) is 5.21. The Hall–Kier alpha value is -3.46. The largest absolute Gasteiger partial charge is 0.497 e. The number of carbonyl (C=O) groups is 1. The number of hydrogen-bond donors (Lipinski definition) is 2. The van der Waals surface area contributed by atoms with Gasteiger partial charge in [0.15, 0.2) is 5.78 Å². The molecule has 2 aromatic heterocycles. The van der Waals surface area contributed by atoms with Crippen LogP contribution in [0.5, 0.6) is 5.75 Å². The highest BCUT2D eigenvalue weighted by molar-refractivity contribution is 5.96. The molecule has 9 heteroatoms. The third kappa shape index (κ3) is 4.55. The van der Waals surface area contributed by atoms with Gasteiger partial charge in [0, 0.05) is 48.9 Å². The van der Waals surface area contributed by atoms with Gasteiger partial charge in [0.05, 0.1) is 20.0 Å². The molecule has 1 unspecified atom stereocenters. The Morgan fingerprint density at radius 1 is 1.33 bits per heavy atom. The summed E-state index contributed by atoms with van der Waals surface area (Å²) < 4.78 is 8.76. The lowest BCUT2D eigenvalue weighted by Crippen LogP contribution is -2.44. The van der Waals surface area contributed by atoms with Crippen molar-refractivity contribution in [3.63, 3.8) is 0 Å². The van der Waals surface area contributed by atoms with Crippen molar-refractivity contribution >= 4 is 28.8 Å². The van der Waals surface area contributed by atoms with Crippen molar-refractivity contribution in [2.24, 2.45) is 11.7 Å². The minimum Gasteiger partial charge on any atom is -0.497 e. The van der Waals surface area contributed by atoms with Crippen molar-refractivity contribution in [2.75, 3.05) is 25.1 Å². The Morgan fingerprint density at radius 3 is 2.83 bits per heavy atom. The minimum absolute atomic E-state index is 0.0689. The summed E-state index contributed by atoms with van der Waals surface area (Å²) in [4.78, 5) is 33.9. The van der Waals surface area contributed by atoms with E-state index in [1.807, 2.05) is 6.92 Å². The van der Waals surface area contributed by atoms with Gasteiger partial charge in [-0.3, -0.25) is 14.2 Å². The van der Waals surface area contributed by atoms with Crippen LogP contribution in [0.1, 0.15) is 54.4 Å². The first-order valence-corrected chi connectivity index (χ1v) is 12.7. The summed E-state index contributed by atoms with van der Waals surface area (Å²) in [5.41, 5.74) is 8.63. The van der Waals surface area contributed by atoms with E-state index in [2.05, 4.69) is 9.47 Å². The molecule has 0 amide bonds. The van der Waals surface area contributed by atoms with Crippen molar-refractivity contribution in [1.82, 2.24) is 14.1 Å². The van der Waals surface area contributed by atoms with E-state index in [0.29, 0.717) is 34.8 Å². The van der Waals surface area contributed by atoms with Crippen LogP contribution in [0.3, 0.4) is 0 Å². The lowest BCUT2D eigenvalue weighted by Gasteiger charge is -2.34. The molecular weight excluding hydrogens is 456 g/mol. The van der Waals surface area contributed by atoms with Gasteiger partial charge in [-0.05, 0) is 43.7 Å². The Labute approximate surface area is 210 Å². The van der Waals surface area contributed by atoms with Crippen LogP contribution in [0, 0.1) is 11.3 Å². The number of carbonyl (C=O) groups excluding carboxylic acids is 1. The van der Waals surface area contributed by atoms with Gasteiger partial charge in [-0.1, -0.05) is 19.1 Å². The van der Waals surface area contributed by atoms with Gasteiger partial charge in [-0.25, -0.2) is 4.98 Å². The third-order valence-corrected chi connectivity index (χ3v) is 7.34. The van der Waals surface area contributed by atoms with Gasteiger partial charge in [0.2, 0.25) is 0 Å². The van der Waals surface area contributed by atoms with Crippen LogP contribution in [0.15, 0.2) is 35.4 Å². The fraction of sp³-hybridized carbons (Fsp3) is 0.481. The van der Waals surface area contributed by atoms with Crippen LogP contribution in [-0.4, -0.2) is 52.4 Å². The molecule has 3 N–H and O–H groups in total. The minimum atomic E-state index is -0.233. The smallest absolute Gasteiger partial charge is 0.278 e. The number of ketones is 1. The molecule has 2 fully saturated rings. The van der Waals surface area contributed by atoms with Gasteiger partial charge in [0.25, 0.3) is 5.56 Å². The van der Waals surface area contributed by atoms with Crippen molar-refractivity contribution in [1.29, 1.82) is 5.41 Å². The van der Waals surface area contributed by atoms with E-state index in [1.165, 1.54) is 17.1 Å². The SMILES string of the molecule is COc1cccc(C(=O)Cn2cnc3c(C(C)C=N)c(N4CCC[C@@H](N)C4)n(CC4CC4)c3c2=O)c1. The Kier molecular flexibility index (Phi) is 6.66. The normalized spacial score (nSPS) is 18.9. The quantitative estimate of drug-likeness (QED) is 0.351. The molecule has 0 spiro atoms. The number of nitrogens with zero attached hydrogens (tertiary/aromatic N) is 4. The van der Waals surface area contributed by atoms with Crippen molar-refractivity contribution in [2.45, 2.75) is 57.7 Å². The predicted octanol–water partition coefficient (Wildman–Crippen LogP) is 3.18. The zero-order valence-corrected chi connectivity index (χ0v) is 20.9. The molecule has 1 saturated heterocycles. The van der Waals surface area contributed by atoms with E-state index in [4.69, 9.17) is 20.9 Å². The first-order chi connectivity index (χ1) is 17.4. The van der Waals surface area contributed by atoms with E-state index < -0.39 is 0 Å². The topological polar surface area (TPSA) is 119 Å². The predicted molar refractivity (Wildman–Crippen MR) is 141 cm³/mol. The number of anilines is 1. The molecule has 2 aliphatic rings. The number of Topliss-reactive ketones (excluding diaryl/α,β-unsaturated/α-hetero) is 1. The van der Waals surface area contributed by atoms with E-state index in [1.54, 1.807) is 31.4 Å². The zero-order valence-electron chi connectivity index (χ0n) is 20.9. The first-order valence-electron chi connectivity index (χ1n) is 12.7. The van der Waals surface area contributed by atoms with Crippen LogP contribution in [0.25, 0.3) is 11.0 Å². The van der Waals surface area contributed by atoms with Crippen LogP contribution >= 0.6 is 0 Å². The van der Waals surface area contributed by atoms with Crippen LogP contribution < -0.4 is 20.9 Å². The number of methoxy groups -OCH3 is 1. The van der Waals surface area contributed by atoms with Crippen molar-refractivity contribution in [3.8, 4) is 5.75 Å². The van der Waals surface area contributed by atoms with E-state index in [9.17, 15) is 9.59 Å². The van der Waals surface area contributed by atoms with Crippen molar-refractivity contribution < 1.29 is 9.53 Å². The second kappa shape index (κ2) is 9.89. The number of fused-ring (bicyclic) bond motifs is 1. The van der Waals surface area contributed by atoms with Gasteiger partial charge < -0.3 is 25.3 Å². The molecule has 1 aromatic carbocycles. The van der Waals surface area contributed by atoms with E-state index in [0.717, 1.165) is 50.2 Å². The van der Waals surface area contributed by atoms with E-state index in [-0.39, 0.29) is 29.8 Å². The molecular formula is C27H34N6O3. The molecule has 36 heavy (non-hydrogen) atoms. The molecule has 3 heterocycles. The molecule has 1 aliphatic carbocycles. The van der Waals surface area contributed by atoms with Crippen LogP contribution in [0.2, 0.25) is 0 Å². The summed E-state index contributed by atoms with van der Waals surface area (Å²) in [6, 6.07) is 7.01.